The standard InChI is InChI=1S/C17H14ClF3N2O2S/c18-11-3-1-10(2-4-11)8-26-9-15(25)22-7-14(24)23-13-6-5-12(19)16(20)17(13)21/h1-6H,7-9H2,(H,22,25)(H,23,24). The highest BCUT2D eigenvalue weighted by Crippen LogP contribution is 2.19. The number of benzene rings is 2. The summed E-state index contributed by atoms with van der Waals surface area (Å²) in [6, 6.07) is 8.78. The molecule has 2 aromatic carbocycles. The highest BCUT2D eigenvalue weighted by Gasteiger charge is 2.15. The summed E-state index contributed by atoms with van der Waals surface area (Å²) in [5.41, 5.74) is 0.499. The summed E-state index contributed by atoms with van der Waals surface area (Å²) in [5, 5.41) is 5.05. The van der Waals surface area contributed by atoms with Gasteiger partial charge in [0, 0.05) is 10.8 Å². The number of hydrogen-bond donors (Lipinski definition) is 2. The van der Waals surface area contributed by atoms with Gasteiger partial charge in [0.2, 0.25) is 11.8 Å². The number of rotatable bonds is 7. The molecule has 0 atom stereocenters. The topological polar surface area (TPSA) is 58.2 Å². The fraction of sp³-hybridized carbons (Fsp3) is 0.176. The first kappa shape index (κ1) is 20.1. The molecule has 4 nitrogen and oxygen atoms in total. The van der Waals surface area contributed by atoms with Crippen LogP contribution in [0.3, 0.4) is 0 Å². The maximum absolute atomic E-state index is 13.4. The number of anilines is 1. The van der Waals surface area contributed by atoms with Crippen molar-refractivity contribution in [1.82, 2.24) is 5.32 Å². The third kappa shape index (κ3) is 5.96. The van der Waals surface area contributed by atoms with Crippen LogP contribution in [-0.2, 0) is 15.3 Å². The average Bonchev–Trinajstić information content (AvgIpc) is 2.62. The molecule has 9 heteroatoms. The average molecular weight is 403 g/mol. The fourth-order valence-electron chi connectivity index (χ4n) is 1.89. The first-order valence-electron chi connectivity index (χ1n) is 7.39. The Hall–Kier alpha value is -2.19. The van der Waals surface area contributed by atoms with Gasteiger partial charge in [-0.25, -0.2) is 13.2 Å². The van der Waals surface area contributed by atoms with Crippen molar-refractivity contribution in [3.8, 4) is 0 Å². The fourth-order valence-corrected chi connectivity index (χ4v) is 2.83. The van der Waals surface area contributed by atoms with Crippen LogP contribution >= 0.6 is 23.4 Å². The Balaban J connectivity index is 1.72. The third-order valence-electron chi connectivity index (χ3n) is 3.17. The van der Waals surface area contributed by atoms with Crippen LogP contribution < -0.4 is 10.6 Å². The lowest BCUT2D eigenvalue weighted by molar-refractivity contribution is -0.122. The van der Waals surface area contributed by atoms with E-state index in [1.54, 1.807) is 12.1 Å². The molecule has 2 aromatic rings. The molecular formula is C17H14ClF3N2O2S. The van der Waals surface area contributed by atoms with Crippen LogP contribution in [0.5, 0.6) is 0 Å². The minimum atomic E-state index is -1.68. The van der Waals surface area contributed by atoms with Crippen LogP contribution in [0, 0.1) is 17.5 Å². The van der Waals surface area contributed by atoms with Crippen molar-refractivity contribution in [2.75, 3.05) is 17.6 Å². The van der Waals surface area contributed by atoms with Crippen LogP contribution in [-0.4, -0.2) is 24.1 Å². The Morgan fingerprint density at radius 1 is 0.962 bits per heavy atom. The van der Waals surface area contributed by atoms with Crippen molar-refractivity contribution < 1.29 is 22.8 Å². The number of carbonyl (C=O) groups is 2. The molecule has 0 aliphatic rings. The molecule has 26 heavy (non-hydrogen) atoms. The van der Waals surface area contributed by atoms with Gasteiger partial charge in [-0.15, -0.1) is 11.8 Å². The van der Waals surface area contributed by atoms with E-state index >= 15 is 0 Å². The smallest absolute Gasteiger partial charge is 0.243 e. The third-order valence-corrected chi connectivity index (χ3v) is 4.43. The molecule has 0 aliphatic heterocycles. The molecule has 0 fully saturated rings. The van der Waals surface area contributed by atoms with E-state index in [4.69, 9.17) is 11.6 Å². The van der Waals surface area contributed by atoms with Crippen LogP contribution in [0.1, 0.15) is 5.56 Å². The van der Waals surface area contributed by atoms with Gasteiger partial charge in [0.1, 0.15) is 0 Å². The lowest BCUT2D eigenvalue weighted by Crippen LogP contribution is -2.34. The zero-order chi connectivity index (χ0) is 19.1. The predicted molar refractivity (Wildman–Crippen MR) is 95.6 cm³/mol. The van der Waals surface area contributed by atoms with Crippen LogP contribution in [0.15, 0.2) is 36.4 Å². The summed E-state index contributed by atoms with van der Waals surface area (Å²) in [7, 11) is 0. The van der Waals surface area contributed by atoms with E-state index < -0.39 is 35.6 Å². The molecule has 0 aliphatic carbocycles. The van der Waals surface area contributed by atoms with Crippen molar-refractivity contribution in [2.24, 2.45) is 0 Å². The second-order valence-corrected chi connectivity index (χ2v) is 6.59. The molecule has 2 amide bonds. The van der Waals surface area contributed by atoms with E-state index in [9.17, 15) is 22.8 Å². The molecule has 0 bridgehead atoms. The summed E-state index contributed by atoms with van der Waals surface area (Å²) >= 11 is 7.12. The van der Waals surface area contributed by atoms with Gasteiger partial charge in [-0.1, -0.05) is 23.7 Å². The van der Waals surface area contributed by atoms with Crippen LogP contribution in [0.2, 0.25) is 5.02 Å². The summed E-state index contributed by atoms with van der Waals surface area (Å²) in [5.74, 6) is -4.96. The van der Waals surface area contributed by atoms with Gasteiger partial charge in [-0.3, -0.25) is 9.59 Å². The molecule has 0 saturated heterocycles. The Bertz CT molecular complexity index is 803. The second kappa shape index (κ2) is 9.49. The monoisotopic (exact) mass is 402 g/mol. The molecule has 0 radical (unpaired) electrons. The van der Waals surface area contributed by atoms with E-state index in [1.807, 2.05) is 12.1 Å². The molecule has 2 N–H and O–H groups in total. The lowest BCUT2D eigenvalue weighted by Gasteiger charge is -2.08. The van der Waals surface area contributed by atoms with E-state index in [0.29, 0.717) is 16.8 Å². The van der Waals surface area contributed by atoms with E-state index in [0.717, 1.165) is 11.6 Å². The molecule has 0 heterocycles. The normalized spacial score (nSPS) is 10.5. The zero-order valence-electron chi connectivity index (χ0n) is 13.3. The largest absolute Gasteiger partial charge is 0.346 e. The summed E-state index contributed by atoms with van der Waals surface area (Å²) in [6.07, 6.45) is 0. The van der Waals surface area contributed by atoms with Gasteiger partial charge in [0.05, 0.1) is 18.0 Å². The van der Waals surface area contributed by atoms with Gasteiger partial charge < -0.3 is 10.6 Å². The molecule has 0 saturated carbocycles. The predicted octanol–water partition coefficient (Wildman–Crippen LogP) is 3.75. The van der Waals surface area contributed by atoms with Crippen molar-refractivity contribution in [3.63, 3.8) is 0 Å². The number of thioether (sulfide) groups is 1. The van der Waals surface area contributed by atoms with Gasteiger partial charge in [0.15, 0.2) is 17.5 Å². The first-order valence-corrected chi connectivity index (χ1v) is 8.92. The van der Waals surface area contributed by atoms with Gasteiger partial charge >= 0.3 is 0 Å². The van der Waals surface area contributed by atoms with Crippen molar-refractivity contribution >= 4 is 40.9 Å². The van der Waals surface area contributed by atoms with Crippen molar-refractivity contribution in [3.05, 3.63) is 64.4 Å². The Morgan fingerprint density at radius 2 is 1.65 bits per heavy atom. The Labute approximate surface area is 157 Å². The number of hydrogen-bond acceptors (Lipinski definition) is 3. The second-order valence-electron chi connectivity index (χ2n) is 5.17. The molecule has 0 spiro atoms. The maximum Gasteiger partial charge on any atom is 0.243 e. The van der Waals surface area contributed by atoms with Gasteiger partial charge in [0.25, 0.3) is 0 Å². The van der Waals surface area contributed by atoms with Crippen LogP contribution in [0.25, 0.3) is 0 Å². The van der Waals surface area contributed by atoms with E-state index in [1.165, 1.54) is 11.8 Å². The number of carbonyl (C=O) groups excluding carboxylic acids is 2. The first-order chi connectivity index (χ1) is 12.4. The number of nitrogens with one attached hydrogen (secondary N) is 2. The highest BCUT2D eigenvalue weighted by molar-refractivity contribution is 7.99. The molecule has 138 valence electrons. The van der Waals surface area contributed by atoms with Crippen molar-refractivity contribution in [2.45, 2.75) is 5.75 Å². The minimum Gasteiger partial charge on any atom is -0.346 e. The zero-order valence-corrected chi connectivity index (χ0v) is 14.9. The van der Waals surface area contributed by atoms with Gasteiger partial charge in [-0.05, 0) is 29.8 Å². The molecule has 0 unspecified atom stereocenters. The Morgan fingerprint density at radius 3 is 2.35 bits per heavy atom. The number of halogens is 4. The van der Waals surface area contributed by atoms with Gasteiger partial charge in [-0.2, -0.15) is 0 Å². The molecular weight excluding hydrogens is 389 g/mol. The summed E-state index contributed by atoms with van der Waals surface area (Å²) in [4.78, 5) is 23.4. The Kier molecular flexibility index (Phi) is 7.35. The summed E-state index contributed by atoms with van der Waals surface area (Å²) < 4.78 is 39.3. The van der Waals surface area contributed by atoms with E-state index in [2.05, 4.69) is 10.6 Å². The SMILES string of the molecule is O=C(CSCc1ccc(Cl)cc1)NCC(=O)Nc1ccc(F)c(F)c1F. The number of amides is 2. The highest BCUT2D eigenvalue weighted by atomic mass is 35.5. The maximum atomic E-state index is 13.4. The molecule has 2 rings (SSSR count). The van der Waals surface area contributed by atoms with Crippen molar-refractivity contribution in [1.29, 1.82) is 0 Å². The minimum absolute atomic E-state index is 0.120. The summed E-state index contributed by atoms with van der Waals surface area (Å²) in [6.45, 7) is -0.418. The van der Waals surface area contributed by atoms with Crippen LogP contribution in [0.4, 0.5) is 18.9 Å². The van der Waals surface area contributed by atoms with E-state index in [-0.39, 0.29) is 11.7 Å². The molecule has 0 aromatic heterocycles. The quantitative estimate of drug-likeness (QED) is 0.693. The lowest BCUT2D eigenvalue weighted by atomic mass is 10.2.